The van der Waals surface area contributed by atoms with Gasteiger partial charge >= 0.3 is 0 Å². The molecule has 1 N–H and O–H groups in total. The van der Waals surface area contributed by atoms with E-state index in [9.17, 15) is 0 Å². The third-order valence-corrected chi connectivity index (χ3v) is 5.01. The highest BCUT2D eigenvalue weighted by Crippen LogP contribution is 2.18. The van der Waals surface area contributed by atoms with Gasteiger partial charge in [0.25, 0.3) is 0 Å². The van der Waals surface area contributed by atoms with Crippen LogP contribution in [0.4, 0.5) is 0 Å². The lowest BCUT2D eigenvalue weighted by Crippen LogP contribution is -2.18. The second kappa shape index (κ2) is 12.4. The molecule has 1 rings (SSSR count). The summed E-state index contributed by atoms with van der Waals surface area (Å²) < 4.78 is 0. The first kappa shape index (κ1) is 17.7. The second-order valence-corrected chi connectivity index (χ2v) is 6.85. The maximum absolute atomic E-state index is 3.62. The van der Waals surface area contributed by atoms with Crippen molar-refractivity contribution in [2.75, 3.05) is 6.54 Å². The highest BCUT2D eigenvalue weighted by Gasteiger charge is 2.04. The average Bonchev–Trinajstić information content (AvgIpc) is 2.99. The highest BCUT2D eigenvalue weighted by molar-refractivity contribution is 7.10. The number of hydrogen-bond donors (Lipinski definition) is 1. The Morgan fingerprint density at radius 2 is 1.55 bits per heavy atom. The first-order valence-electron chi connectivity index (χ1n) is 8.61. The van der Waals surface area contributed by atoms with Gasteiger partial charge in [0.15, 0.2) is 0 Å². The van der Waals surface area contributed by atoms with Gasteiger partial charge in [-0.05, 0) is 31.3 Å². The van der Waals surface area contributed by atoms with Crippen LogP contribution in [0.2, 0.25) is 0 Å². The summed E-state index contributed by atoms with van der Waals surface area (Å²) in [7, 11) is 0. The molecule has 1 atom stereocenters. The molecule has 2 heteroatoms. The van der Waals surface area contributed by atoms with Crippen LogP contribution < -0.4 is 5.32 Å². The zero-order valence-corrected chi connectivity index (χ0v) is 14.3. The maximum atomic E-state index is 3.62. The van der Waals surface area contributed by atoms with Gasteiger partial charge in [0, 0.05) is 10.9 Å². The van der Waals surface area contributed by atoms with E-state index < -0.39 is 0 Å². The predicted octanol–water partition coefficient (Wildman–Crippen LogP) is 6.32. The van der Waals surface area contributed by atoms with Gasteiger partial charge in [0.05, 0.1) is 0 Å². The molecule has 0 aliphatic rings. The van der Waals surface area contributed by atoms with Gasteiger partial charge in [-0.3, -0.25) is 0 Å². The molecule has 0 aliphatic carbocycles. The molecule has 20 heavy (non-hydrogen) atoms. The molecule has 116 valence electrons. The van der Waals surface area contributed by atoms with Crippen molar-refractivity contribution in [1.29, 1.82) is 0 Å². The van der Waals surface area contributed by atoms with Crippen LogP contribution in [0.3, 0.4) is 0 Å². The molecule has 0 saturated heterocycles. The summed E-state index contributed by atoms with van der Waals surface area (Å²) >= 11 is 1.85. The molecular weight excluding hydrogens is 262 g/mol. The van der Waals surface area contributed by atoms with E-state index >= 15 is 0 Å². The molecule has 1 heterocycles. The lowest BCUT2D eigenvalue weighted by Gasteiger charge is -2.11. The molecule has 0 aromatic carbocycles. The Hall–Kier alpha value is -0.340. The molecule has 0 aliphatic heterocycles. The molecule has 1 nitrogen and oxygen atoms in total. The van der Waals surface area contributed by atoms with Crippen LogP contribution in [0.5, 0.6) is 0 Å². The van der Waals surface area contributed by atoms with E-state index in [1.165, 1.54) is 69.1 Å². The smallest absolute Gasteiger partial charge is 0.0386 e. The number of unbranched alkanes of at least 4 members (excludes halogenated alkanes) is 9. The van der Waals surface area contributed by atoms with Gasteiger partial charge in [0.2, 0.25) is 0 Å². The van der Waals surface area contributed by atoms with Crippen LogP contribution >= 0.6 is 11.3 Å². The van der Waals surface area contributed by atoms with Crippen LogP contribution in [0.1, 0.15) is 89.0 Å². The molecule has 0 saturated carbocycles. The third kappa shape index (κ3) is 8.76. The fourth-order valence-electron chi connectivity index (χ4n) is 2.57. The molecule has 1 aromatic heterocycles. The number of rotatable bonds is 13. The van der Waals surface area contributed by atoms with Gasteiger partial charge in [-0.1, -0.05) is 70.8 Å². The van der Waals surface area contributed by atoms with E-state index in [1.54, 1.807) is 0 Å². The lowest BCUT2D eigenvalue weighted by molar-refractivity contribution is 0.521. The fourth-order valence-corrected chi connectivity index (χ4v) is 3.33. The quantitative estimate of drug-likeness (QED) is 0.420. The van der Waals surface area contributed by atoms with Gasteiger partial charge < -0.3 is 5.32 Å². The molecule has 1 aromatic rings. The molecule has 0 amide bonds. The van der Waals surface area contributed by atoms with E-state index in [-0.39, 0.29) is 0 Å². The standard InChI is InChI=1S/C18H33NS/c1-3-4-5-6-7-8-9-10-11-12-15-19-17(2)18-14-13-16-20-18/h13-14,16-17,19H,3-12,15H2,1-2H3/t17-/m1/s1. The van der Waals surface area contributed by atoms with Crippen molar-refractivity contribution in [2.24, 2.45) is 0 Å². The number of thiophene rings is 1. The Morgan fingerprint density at radius 3 is 2.10 bits per heavy atom. The normalized spacial score (nSPS) is 12.7. The van der Waals surface area contributed by atoms with Crippen LogP contribution in [-0.4, -0.2) is 6.54 Å². The predicted molar refractivity (Wildman–Crippen MR) is 92.6 cm³/mol. The van der Waals surface area contributed by atoms with Crippen LogP contribution in [0.15, 0.2) is 17.5 Å². The summed E-state index contributed by atoms with van der Waals surface area (Å²) in [6.45, 7) is 5.71. The third-order valence-electron chi connectivity index (χ3n) is 3.95. The van der Waals surface area contributed by atoms with Crippen molar-refractivity contribution < 1.29 is 0 Å². The Kier molecular flexibility index (Phi) is 11.0. The summed E-state index contributed by atoms with van der Waals surface area (Å²) in [6, 6.07) is 4.88. The maximum Gasteiger partial charge on any atom is 0.0386 e. The summed E-state index contributed by atoms with van der Waals surface area (Å²) in [4.78, 5) is 1.46. The molecule has 0 spiro atoms. The minimum Gasteiger partial charge on any atom is -0.309 e. The van der Waals surface area contributed by atoms with Crippen molar-refractivity contribution in [3.63, 3.8) is 0 Å². The molecule has 0 fully saturated rings. The molecular formula is C18H33NS. The largest absolute Gasteiger partial charge is 0.309 e. The zero-order valence-electron chi connectivity index (χ0n) is 13.5. The van der Waals surface area contributed by atoms with E-state index in [0.29, 0.717) is 6.04 Å². The SMILES string of the molecule is CCCCCCCCCCCCN[C@H](C)c1cccs1. The molecule has 0 radical (unpaired) electrons. The van der Waals surface area contributed by atoms with Crippen molar-refractivity contribution in [1.82, 2.24) is 5.32 Å². The highest BCUT2D eigenvalue weighted by atomic mass is 32.1. The minimum absolute atomic E-state index is 0.522. The Bertz CT molecular complexity index is 294. The topological polar surface area (TPSA) is 12.0 Å². The summed E-state index contributed by atoms with van der Waals surface area (Å²) in [5, 5.41) is 5.78. The average molecular weight is 296 g/mol. The Labute approximate surface area is 130 Å². The van der Waals surface area contributed by atoms with Crippen LogP contribution in [0, 0.1) is 0 Å². The zero-order chi connectivity index (χ0) is 14.5. The van der Waals surface area contributed by atoms with Crippen molar-refractivity contribution >= 4 is 11.3 Å². The van der Waals surface area contributed by atoms with Gasteiger partial charge in [-0.25, -0.2) is 0 Å². The van der Waals surface area contributed by atoms with Crippen LogP contribution in [0.25, 0.3) is 0 Å². The molecule has 0 bridgehead atoms. The van der Waals surface area contributed by atoms with Gasteiger partial charge in [0.1, 0.15) is 0 Å². The Balaban J connectivity index is 1.81. The van der Waals surface area contributed by atoms with E-state index in [1.807, 2.05) is 11.3 Å². The number of hydrogen-bond acceptors (Lipinski definition) is 2. The second-order valence-electron chi connectivity index (χ2n) is 5.87. The first-order valence-corrected chi connectivity index (χ1v) is 9.49. The van der Waals surface area contributed by atoms with Crippen molar-refractivity contribution in [3.8, 4) is 0 Å². The van der Waals surface area contributed by atoms with Crippen molar-refractivity contribution in [3.05, 3.63) is 22.4 Å². The van der Waals surface area contributed by atoms with E-state index in [0.717, 1.165) is 6.54 Å². The number of nitrogens with one attached hydrogen (secondary N) is 1. The summed E-state index contributed by atoms with van der Waals surface area (Å²) in [5.74, 6) is 0. The van der Waals surface area contributed by atoms with Gasteiger partial charge in [-0.2, -0.15) is 0 Å². The van der Waals surface area contributed by atoms with Gasteiger partial charge in [-0.15, -0.1) is 11.3 Å². The van der Waals surface area contributed by atoms with Crippen molar-refractivity contribution in [2.45, 2.75) is 84.1 Å². The van der Waals surface area contributed by atoms with E-state index in [4.69, 9.17) is 0 Å². The van der Waals surface area contributed by atoms with E-state index in [2.05, 4.69) is 36.7 Å². The monoisotopic (exact) mass is 295 g/mol. The summed E-state index contributed by atoms with van der Waals surface area (Å²) in [6.07, 6.45) is 14.1. The summed E-state index contributed by atoms with van der Waals surface area (Å²) in [5.41, 5.74) is 0. The Morgan fingerprint density at radius 1 is 0.950 bits per heavy atom. The fraction of sp³-hybridized carbons (Fsp3) is 0.778. The first-order chi connectivity index (χ1) is 9.84. The molecule has 0 unspecified atom stereocenters. The lowest BCUT2D eigenvalue weighted by atomic mass is 10.1. The van der Waals surface area contributed by atoms with Crippen LogP contribution in [-0.2, 0) is 0 Å². The minimum atomic E-state index is 0.522.